The fourth-order valence-electron chi connectivity index (χ4n) is 2.48. The molecule has 2 aromatic heterocycles. The number of rotatable bonds is 5. The Balaban J connectivity index is 2.20. The van der Waals surface area contributed by atoms with E-state index in [0.717, 1.165) is 11.8 Å². The van der Waals surface area contributed by atoms with Crippen molar-refractivity contribution in [2.45, 2.75) is 6.61 Å². The van der Waals surface area contributed by atoms with Crippen LogP contribution in [0.4, 0.5) is 0 Å². The number of benzene rings is 1. The maximum atomic E-state index is 12.5. The number of hydrogen-bond acceptors (Lipinski definition) is 7. The highest BCUT2D eigenvalue weighted by molar-refractivity contribution is 6.00. The highest BCUT2D eigenvalue weighted by Gasteiger charge is 2.24. The van der Waals surface area contributed by atoms with Crippen LogP contribution in [0.2, 0.25) is 0 Å². The van der Waals surface area contributed by atoms with Crippen LogP contribution in [0.25, 0.3) is 11.0 Å². The number of carboxylic acids is 1. The Morgan fingerprint density at radius 2 is 1.93 bits per heavy atom. The molecule has 2 N–H and O–H groups in total. The molecular weight excluding hydrogens is 356 g/mol. The fourth-order valence-corrected chi connectivity index (χ4v) is 2.48. The molecule has 0 aliphatic rings. The number of esters is 1. The highest BCUT2D eigenvalue weighted by Crippen LogP contribution is 2.26. The molecule has 0 radical (unpaired) electrons. The third-order valence-electron chi connectivity index (χ3n) is 3.79. The number of methoxy groups -OCH3 is 1. The molecule has 2 heterocycles. The first-order valence-electron chi connectivity index (χ1n) is 7.70. The van der Waals surface area contributed by atoms with Crippen LogP contribution in [-0.4, -0.2) is 39.0 Å². The van der Waals surface area contributed by atoms with Crippen molar-refractivity contribution in [3.63, 3.8) is 0 Å². The van der Waals surface area contributed by atoms with E-state index in [1.54, 1.807) is 24.3 Å². The van der Waals surface area contributed by atoms with Crippen molar-refractivity contribution < 1.29 is 29.4 Å². The van der Waals surface area contributed by atoms with Gasteiger partial charge in [-0.3, -0.25) is 4.79 Å². The predicted molar refractivity (Wildman–Crippen MR) is 92.7 cm³/mol. The lowest BCUT2D eigenvalue weighted by atomic mass is 10.1. The van der Waals surface area contributed by atoms with Crippen LogP contribution >= 0.6 is 0 Å². The summed E-state index contributed by atoms with van der Waals surface area (Å²) in [4.78, 5) is 45.1. The number of nitrogens with zero attached hydrogens (tertiary/aromatic N) is 2. The Labute approximate surface area is 152 Å². The first-order chi connectivity index (χ1) is 12.9. The molecule has 0 saturated carbocycles. The third kappa shape index (κ3) is 3.30. The number of pyridine rings is 2. The molecule has 0 aliphatic heterocycles. The molecule has 3 aromatic rings. The molecule has 0 unspecified atom stereocenters. The number of aromatic carboxylic acids is 1. The van der Waals surface area contributed by atoms with Crippen LogP contribution in [0.1, 0.15) is 26.3 Å². The van der Waals surface area contributed by atoms with Gasteiger partial charge in [0, 0.05) is 6.20 Å². The van der Waals surface area contributed by atoms with E-state index in [9.17, 15) is 24.6 Å². The normalized spacial score (nSPS) is 10.6. The number of hydrogen-bond donors (Lipinski definition) is 2. The molecule has 138 valence electrons. The molecule has 0 aliphatic carbocycles. The van der Waals surface area contributed by atoms with Gasteiger partial charge in [0.15, 0.2) is 11.2 Å². The van der Waals surface area contributed by atoms with Crippen LogP contribution in [0.5, 0.6) is 5.75 Å². The number of aromatic hydroxyl groups is 1. The van der Waals surface area contributed by atoms with Gasteiger partial charge >= 0.3 is 17.5 Å². The zero-order valence-corrected chi connectivity index (χ0v) is 14.1. The van der Waals surface area contributed by atoms with E-state index < -0.39 is 28.8 Å². The van der Waals surface area contributed by atoms with Crippen molar-refractivity contribution in [1.29, 1.82) is 0 Å². The van der Waals surface area contributed by atoms with Crippen LogP contribution in [0, 0.1) is 0 Å². The average molecular weight is 370 g/mol. The first-order valence-corrected chi connectivity index (χ1v) is 7.70. The Morgan fingerprint density at radius 3 is 2.56 bits per heavy atom. The molecule has 0 bridgehead atoms. The van der Waals surface area contributed by atoms with Gasteiger partial charge in [0.25, 0.3) is 0 Å². The van der Waals surface area contributed by atoms with E-state index in [2.05, 4.69) is 9.72 Å². The summed E-state index contributed by atoms with van der Waals surface area (Å²) in [6.07, 6.45) is 1.13. The molecule has 0 spiro atoms. The molecule has 1 aromatic carbocycles. The molecule has 0 amide bonds. The summed E-state index contributed by atoms with van der Waals surface area (Å²) in [5.41, 5.74) is -1.40. The fraction of sp³-hybridized carbons (Fsp3) is 0.111. The second-order valence-electron chi connectivity index (χ2n) is 5.47. The maximum Gasteiger partial charge on any atom is 0.345 e. The van der Waals surface area contributed by atoms with Crippen LogP contribution in [0.15, 0.2) is 47.4 Å². The maximum absolute atomic E-state index is 12.5. The number of carbonyl (C=O) groups excluding carboxylic acids is 1. The van der Waals surface area contributed by atoms with Crippen molar-refractivity contribution in [2.24, 2.45) is 0 Å². The molecule has 3 rings (SSSR count). The van der Waals surface area contributed by atoms with E-state index >= 15 is 0 Å². The van der Waals surface area contributed by atoms with Gasteiger partial charge in [-0.05, 0) is 11.6 Å². The minimum atomic E-state index is -1.64. The average Bonchev–Trinajstić information content (AvgIpc) is 2.67. The zero-order valence-electron chi connectivity index (χ0n) is 14.1. The largest absolute Gasteiger partial charge is 0.506 e. The molecule has 27 heavy (non-hydrogen) atoms. The minimum absolute atomic E-state index is 0.0232. The van der Waals surface area contributed by atoms with Gasteiger partial charge in [-0.2, -0.15) is 0 Å². The summed E-state index contributed by atoms with van der Waals surface area (Å²) in [6.45, 7) is -0.0416. The topological polar surface area (TPSA) is 128 Å². The van der Waals surface area contributed by atoms with Crippen molar-refractivity contribution in [3.8, 4) is 5.75 Å². The molecule has 0 fully saturated rings. The van der Waals surface area contributed by atoms with Crippen molar-refractivity contribution in [2.75, 3.05) is 7.11 Å². The van der Waals surface area contributed by atoms with E-state index in [1.165, 1.54) is 13.2 Å². The van der Waals surface area contributed by atoms with Crippen molar-refractivity contribution in [1.82, 2.24) is 9.71 Å². The van der Waals surface area contributed by atoms with Gasteiger partial charge in [-0.1, -0.05) is 30.3 Å². The first kappa shape index (κ1) is 17.9. The van der Waals surface area contributed by atoms with Crippen LogP contribution < -0.4 is 10.4 Å². The second-order valence-corrected chi connectivity index (χ2v) is 5.47. The van der Waals surface area contributed by atoms with Crippen molar-refractivity contribution >= 4 is 23.0 Å². The lowest BCUT2D eigenvalue weighted by Crippen LogP contribution is -2.32. The number of aromatic nitrogens is 2. The summed E-state index contributed by atoms with van der Waals surface area (Å²) >= 11 is 0. The number of carbonyl (C=O) groups is 2. The monoisotopic (exact) mass is 370 g/mol. The number of ether oxygens (including phenoxy) is 1. The summed E-state index contributed by atoms with van der Waals surface area (Å²) in [7, 11) is 1.17. The van der Waals surface area contributed by atoms with Gasteiger partial charge in [0.1, 0.15) is 12.4 Å². The van der Waals surface area contributed by atoms with Gasteiger partial charge < -0.3 is 19.8 Å². The summed E-state index contributed by atoms with van der Waals surface area (Å²) in [6, 6.07) is 10.1. The van der Waals surface area contributed by atoms with E-state index in [0.29, 0.717) is 4.73 Å². The Hall–Kier alpha value is -3.88. The molecule has 9 nitrogen and oxygen atoms in total. The Morgan fingerprint density at radius 1 is 1.22 bits per heavy atom. The zero-order chi connectivity index (χ0) is 19.6. The predicted octanol–water partition coefficient (Wildman–Crippen LogP) is 1.22. The molecular formula is C18H14N2O7. The van der Waals surface area contributed by atoms with Gasteiger partial charge in [0.2, 0.25) is 0 Å². The lowest BCUT2D eigenvalue weighted by Gasteiger charge is -2.14. The summed E-state index contributed by atoms with van der Waals surface area (Å²) < 4.78 is 5.27. The van der Waals surface area contributed by atoms with E-state index in [1.807, 2.05) is 6.07 Å². The standard InChI is InChI=1S/C18H14N2O7/c1-26-18(25)11-7-12-14(21)13(17(23)24)16(22)20(15(12)19-8-11)27-9-10-5-3-2-4-6-10/h2-8,21H,9H2,1H3,(H,23,24). The molecule has 9 heteroatoms. The number of fused-ring (bicyclic) bond motifs is 1. The summed E-state index contributed by atoms with van der Waals surface area (Å²) in [5.74, 6) is -3.18. The number of carboxylic acid groups (broad SMARTS) is 1. The smallest absolute Gasteiger partial charge is 0.345 e. The second kappa shape index (κ2) is 7.16. The summed E-state index contributed by atoms with van der Waals surface area (Å²) in [5, 5.41) is 19.4. The highest BCUT2D eigenvalue weighted by atomic mass is 16.7. The lowest BCUT2D eigenvalue weighted by molar-refractivity contribution is 0.0599. The molecule has 0 saturated heterocycles. The Bertz CT molecular complexity index is 1090. The molecule has 0 atom stereocenters. The Kier molecular flexibility index (Phi) is 4.75. The van der Waals surface area contributed by atoms with Gasteiger partial charge in [-0.25, -0.2) is 14.6 Å². The quantitative estimate of drug-likeness (QED) is 0.642. The van der Waals surface area contributed by atoms with Gasteiger partial charge in [-0.15, -0.1) is 4.73 Å². The van der Waals surface area contributed by atoms with Crippen LogP contribution in [-0.2, 0) is 11.3 Å². The SMILES string of the molecule is COC(=O)c1cnc2c(c1)c(O)c(C(=O)O)c(=O)n2OCc1ccccc1. The van der Waals surface area contributed by atoms with Gasteiger partial charge in [0.05, 0.1) is 18.1 Å². The third-order valence-corrected chi connectivity index (χ3v) is 3.79. The van der Waals surface area contributed by atoms with Crippen molar-refractivity contribution in [3.05, 3.63) is 69.6 Å². The van der Waals surface area contributed by atoms with E-state index in [-0.39, 0.29) is 23.2 Å². The van der Waals surface area contributed by atoms with E-state index in [4.69, 9.17) is 4.84 Å². The minimum Gasteiger partial charge on any atom is -0.506 e. The van der Waals surface area contributed by atoms with Crippen LogP contribution in [0.3, 0.4) is 0 Å².